The molecular formula is C79H69ClF3N5O18S6. The van der Waals surface area contributed by atoms with E-state index >= 15 is 0 Å². The summed E-state index contributed by atoms with van der Waals surface area (Å²) in [6, 6.07) is 50.6. The molecule has 0 fully saturated rings. The van der Waals surface area contributed by atoms with Gasteiger partial charge in [-0.2, -0.15) is 0 Å². The maximum atomic E-state index is 14.0. The summed E-state index contributed by atoms with van der Waals surface area (Å²) in [5.41, 5.74) is 4.23. The maximum absolute atomic E-state index is 14.0. The van der Waals surface area contributed by atoms with Gasteiger partial charge in [0, 0.05) is 43.3 Å². The van der Waals surface area contributed by atoms with Crippen LogP contribution in [0.3, 0.4) is 0 Å². The van der Waals surface area contributed by atoms with Gasteiger partial charge in [0.15, 0.2) is 17.3 Å². The zero-order chi connectivity index (χ0) is 80.9. The first-order chi connectivity index (χ1) is 53.1. The minimum absolute atomic E-state index is 0.000252. The number of halogens is 4. The third-order valence-electron chi connectivity index (χ3n) is 15.8. The fraction of sp³-hybridized carbons (Fsp3) is 0.139. The Bertz CT molecular complexity index is 5900. The third-order valence-corrected chi connectivity index (χ3v) is 23.2. The lowest BCUT2D eigenvalue weighted by atomic mass is 10.1. The molecular weight excluding hydrogens is 1590 g/mol. The molecule has 582 valence electrons. The number of thioether (sulfide) groups is 3. The predicted molar refractivity (Wildman–Crippen MR) is 430 cm³/mol. The van der Waals surface area contributed by atoms with E-state index in [9.17, 15) is 68.1 Å². The largest absolute Gasteiger partial charge is 0.506 e. The number of hydrogen-bond donors (Lipinski definition) is 10. The number of fused-ring (bicyclic) bond motifs is 3. The number of phenolic OH excluding ortho intramolecular Hbond substituents is 3. The zero-order valence-corrected chi connectivity index (χ0v) is 65.3. The number of hydrogen-bond acceptors (Lipinski definition) is 20. The van der Waals surface area contributed by atoms with Crippen molar-refractivity contribution in [2.45, 2.75) is 76.2 Å². The minimum Gasteiger partial charge on any atom is -0.506 e. The van der Waals surface area contributed by atoms with E-state index in [1.165, 1.54) is 72.8 Å². The Morgan fingerprint density at radius 3 is 1.48 bits per heavy atom. The second-order valence-electron chi connectivity index (χ2n) is 24.8. The topological polar surface area (TPSA) is 364 Å². The first-order valence-corrected chi connectivity index (χ1v) is 41.3. The van der Waals surface area contributed by atoms with Crippen molar-refractivity contribution in [3.63, 3.8) is 0 Å². The van der Waals surface area contributed by atoms with Crippen LogP contribution in [0.15, 0.2) is 236 Å². The Morgan fingerprint density at radius 1 is 0.455 bits per heavy atom. The smallest absolute Gasteiger partial charge is 0.313 e. The molecule has 0 atom stereocenters. The van der Waals surface area contributed by atoms with Crippen LogP contribution in [0.25, 0.3) is 54.7 Å². The summed E-state index contributed by atoms with van der Waals surface area (Å²) in [5.74, 6) is -5.59. The summed E-state index contributed by atoms with van der Waals surface area (Å²) >= 11 is 8.57. The van der Waals surface area contributed by atoms with E-state index < -0.39 is 65.4 Å². The number of benzene rings is 11. The quantitative estimate of drug-likeness (QED) is 0.0161. The molecule has 12 aromatic rings. The van der Waals surface area contributed by atoms with Gasteiger partial charge in [-0.05, 0) is 209 Å². The number of rotatable bonds is 28. The van der Waals surface area contributed by atoms with E-state index in [4.69, 9.17) is 41.1 Å². The molecule has 0 spiro atoms. The van der Waals surface area contributed by atoms with E-state index in [-0.39, 0.29) is 127 Å². The number of ether oxygens (including phenoxy) is 3. The second-order valence-corrected chi connectivity index (χ2v) is 33.3. The highest BCUT2D eigenvalue weighted by Crippen LogP contribution is 2.45. The molecule has 0 aliphatic heterocycles. The number of anilines is 5. The van der Waals surface area contributed by atoms with E-state index in [1.54, 1.807) is 61.5 Å². The van der Waals surface area contributed by atoms with Gasteiger partial charge in [-0.15, -0.1) is 35.3 Å². The number of carbonyl (C=O) groups is 3. The molecule has 112 heavy (non-hydrogen) atoms. The molecule has 0 bridgehead atoms. The van der Waals surface area contributed by atoms with Gasteiger partial charge in [0.1, 0.15) is 40.1 Å². The Balaban J connectivity index is 0.000000178. The number of nitrogens with one attached hydrogen (secondary N) is 4. The number of carboxylic acids is 3. The van der Waals surface area contributed by atoms with Crippen LogP contribution in [0.2, 0.25) is 5.02 Å². The van der Waals surface area contributed by atoms with E-state index in [0.29, 0.717) is 43.9 Å². The molecule has 11 aromatic carbocycles. The van der Waals surface area contributed by atoms with Crippen LogP contribution >= 0.6 is 46.9 Å². The van der Waals surface area contributed by atoms with Gasteiger partial charge in [0.25, 0.3) is 30.1 Å². The van der Waals surface area contributed by atoms with Gasteiger partial charge < -0.3 is 50.2 Å². The van der Waals surface area contributed by atoms with E-state index in [0.717, 1.165) is 76.7 Å². The molecule has 12 rings (SSSR count). The SMILES string of the molecule is CC(C)Oc1ccc(Nc2ccc(S(=O)(=O)Nc3cc(SCC(=O)O)c(O)c4ncc(F)cc34)cc2)cc1.CC(C)Oc1cccc(-c2cccc(S(=O)(=O)Nc3cc(SCC(=O)O)c(O)c4cc(Cl)ccc34)c2)c1.CCOc1cc(-c2ccc(S(=O)(=O)Nc3cc(SCC(=O)O)c(O)c4ccc(F)cc34)cc2)ccc1F. The monoisotopic (exact) mass is 1660 g/mol. The average Bonchev–Trinajstić information content (AvgIpc) is 0.779. The lowest BCUT2D eigenvalue weighted by molar-refractivity contribution is -0.134. The van der Waals surface area contributed by atoms with Crippen molar-refractivity contribution in [2.75, 3.05) is 43.3 Å². The number of pyridine rings is 1. The number of carboxylic acid groups (broad SMARTS) is 3. The van der Waals surface area contributed by atoms with Crippen LogP contribution in [0.4, 0.5) is 41.6 Å². The van der Waals surface area contributed by atoms with Gasteiger partial charge in [0.05, 0.1) is 88.7 Å². The fourth-order valence-electron chi connectivity index (χ4n) is 11.0. The summed E-state index contributed by atoms with van der Waals surface area (Å²) in [6.07, 6.45) is 0.935. The van der Waals surface area contributed by atoms with Gasteiger partial charge in [-0.25, -0.2) is 43.4 Å². The van der Waals surface area contributed by atoms with Crippen molar-refractivity contribution in [3.8, 4) is 56.8 Å². The molecule has 1 aromatic heterocycles. The van der Waals surface area contributed by atoms with Crippen molar-refractivity contribution in [1.29, 1.82) is 0 Å². The normalized spacial score (nSPS) is 11.5. The Kier molecular flexibility index (Phi) is 26.9. The molecule has 0 saturated heterocycles. The van der Waals surface area contributed by atoms with Crippen LogP contribution < -0.4 is 33.7 Å². The molecule has 0 aliphatic carbocycles. The van der Waals surface area contributed by atoms with Crippen molar-refractivity contribution < 1.29 is 97.7 Å². The molecule has 1 heterocycles. The van der Waals surface area contributed by atoms with Gasteiger partial charge in [0.2, 0.25) is 0 Å². The van der Waals surface area contributed by atoms with Crippen molar-refractivity contribution in [3.05, 3.63) is 229 Å². The summed E-state index contributed by atoms with van der Waals surface area (Å²) < 4.78 is 146. The van der Waals surface area contributed by atoms with E-state index in [1.807, 2.05) is 82.3 Å². The maximum Gasteiger partial charge on any atom is 0.313 e. The highest BCUT2D eigenvalue weighted by molar-refractivity contribution is 8.00. The molecule has 0 radical (unpaired) electrons. The Labute approximate surface area is 659 Å². The van der Waals surface area contributed by atoms with Crippen molar-refractivity contribution in [1.82, 2.24) is 4.98 Å². The van der Waals surface area contributed by atoms with Crippen LogP contribution in [-0.4, -0.2) is 115 Å². The summed E-state index contributed by atoms with van der Waals surface area (Å²) in [6.45, 7) is 9.75. The summed E-state index contributed by atoms with van der Waals surface area (Å²) in [5, 5.41) is 63.3. The van der Waals surface area contributed by atoms with Crippen LogP contribution in [-0.2, 0) is 44.5 Å². The molecule has 0 aliphatic rings. The van der Waals surface area contributed by atoms with Crippen LogP contribution in [0.5, 0.6) is 34.5 Å². The first kappa shape index (κ1) is 83.2. The average molecular weight is 1660 g/mol. The first-order valence-electron chi connectivity index (χ1n) is 33.5. The summed E-state index contributed by atoms with van der Waals surface area (Å²) in [4.78, 5) is 37.2. The molecule has 23 nitrogen and oxygen atoms in total. The van der Waals surface area contributed by atoms with Crippen molar-refractivity contribution >= 4 is 156 Å². The highest BCUT2D eigenvalue weighted by atomic mass is 35.5. The minimum atomic E-state index is -4.17. The van der Waals surface area contributed by atoms with Gasteiger partial charge >= 0.3 is 17.9 Å². The molecule has 33 heteroatoms. The number of sulfonamides is 3. The predicted octanol–water partition coefficient (Wildman–Crippen LogP) is 18.1. The second kappa shape index (κ2) is 36.3. The lowest BCUT2D eigenvalue weighted by Gasteiger charge is -2.15. The number of aromatic hydroxyl groups is 3. The Hall–Kier alpha value is -11.3. The molecule has 0 saturated carbocycles. The standard InChI is InChI=1S/C27H24ClNO6S2.C26H21F2NO6S2.C26H24FN3O6S2/c1-16(2)35-20-7-3-5-17(11-20)18-6-4-8-21(12-18)37(33,34)29-24-14-25(36-15-26(30)31)27(32)23-13-19(28)9-10-22(23)24;1-2-35-23-11-16(5-10-21(23)28)15-3-7-18(8-4-15)37(33,34)29-22-13-24(36-14-25(30)31)26(32)19-9-6-17(27)12-20(19)22;1-15(2)36-19-7-3-17(4-8-19)29-18-5-9-20(10-6-18)38(34,35)30-22-12-23(37-14-24(31)32)26(33)25-21(22)11-16(27)13-28-25/h3-14,16,29,32H,15H2,1-2H3,(H,30,31);3-13,29,32H,2,14H2,1H3,(H,30,31);3-13,15,29-30,33H,14H2,1-2H3,(H,31,32). The van der Waals surface area contributed by atoms with Gasteiger partial charge in [-0.1, -0.05) is 60.1 Å². The molecule has 0 amide bonds. The van der Waals surface area contributed by atoms with Crippen LogP contribution in [0, 0.1) is 17.5 Å². The van der Waals surface area contributed by atoms with E-state index in [2.05, 4.69) is 24.5 Å². The number of nitrogens with zero attached hydrogens (tertiary/aromatic N) is 1. The molecule has 0 unspecified atom stereocenters. The fourth-order valence-corrected chi connectivity index (χ4v) is 16.6. The van der Waals surface area contributed by atoms with Crippen molar-refractivity contribution in [2.24, 2.45) is 0 Å². The number of aliphatic carboxylic acids is 3. The number of phenols is 3. The summed E-state index contributed by atoms with van der Waals surface area (Å²) in [7, 11) is -12.4. The molecule has 10 N–H and O–H groups in total. The number of aromatic nitrogens is 1. The van der Waals surface area contributed by atoms with Gasteiger partial charge in [-0.3, -0.25) is 28.5 Å². The lowest BCUT2D eigenvalue weighted by Crippen LogP contribution is -2.13. The zero-order valence-electron chi connectivity index (χ0n) is 59.6. The Morgan fingerprint density at radius 2 is 0.920 bits per heavy atom. The highest BCUT2D eigenvalue weighted by Gasteiger charge is 2.25. The van der Waals surface area contributed by atoms with Crippen LogP contribution in [0.1, 0.15) is 34.6 Å². The third kappa shape index (κ3) is 21.4.